The lowest BCUT2D eigenvalue weighted by Crippen LogP contribution is -2.53. The lowest BCUT2D eigenvalue weighted by atomic mass is 10.0. The first-order chi connectivity index (χ1) is 21.5. The van der Waals surface area contributed by atoms with Gasteiger partial charge in [0.1, 0.15) is 31.9 Å². The molecule has 0 saturated heterocycles. The summed E-state index contributed by atoms with van der Waals surface area (Å²) in [5, 5.41) is 5.19. The third-order valence-electron chi connectivity index (χ3n) is 6.54. The van der Waals surface area contributed by atoms with Gasteiger partial charge in [0, 0.05) is 6.42 Å². The summed E-state index contributed by atoms with van der Waals surface area (Å²) in [7, 11) is 0. The Morgan fingerprint density at radius 2 is 0.932 bits per heavy atom. The molecule has 226 valence electrons. The minimum absolute atomic E-state index is 0.00481. The van der Waals surface area contributed by atoms with Crippen molar-refractivity contribution in [3.63, 3.8) is 0 Å². The van der Waals surface area contributed by atoms with Crippen LogP contribution in [-0.2, 0) is 54.8 Å². The molecule has 44 heavy (non-hydrogen) atoms. The molecule has 2 amide bonds. The maximum absolute atomic E-state index is 13.6. The summed E-state index contributed by atoms with van der Waals surface area (Å²) < 4.78 is 16.1. The van der Waals surface area contributed by atoms with Crippen LogP contribution in [0.3, 0.4) is 0 Å². The number of hydrogen-bond donors (Lipinski definition) is 2. The van der Waals surface area contributed by atoms with E-state index in [1.165, 1.54) is 0 Å². The molecule has 0 aliphatic heterocycles. The Kier molecular flexibility index (Phi) is 12.1. The van der Waals surface area contributed by atoms with E-state index in [-0.39, 0.29) is 26.2 Å². The molecule has 2 atom stereocenters. The quantitative estimate of drug-likeness (QED) is 0.158. The highest BCUT2D eigenvalue weighted by Crippen LogP contribution is 2.10. The van der Waals surface area contributed by atoms with Crippen molar-refractivity contribution in [2.75, 3.05) is 0 Å². The predicted octanol–water partition coefficient (Wildman–Crippen LogP) is 4.89. The monoisotopic (exact) mass is 594 g/mol. The van der Waals surface area contributed by atoms with Crippen LogP contribution in [-0.4, -0.2) is 36.0 Å². The van der Waals surface area contributed by atoms with Gasteiger partial charge >= 0.3 is 18.0 Å². The summed E-state index contributed by atoms with van der Waals surface area (Å²) in [6, 6.07) is 33.8. The molecule has 0 unspecified atom stereocenters. The van der Waals surface area contributed by atoms with Crippen molar-refractivity contribution in [1.29, 1.82) is 0 Å². The first-order valence-electron chi connectivity index (χ1n) is 14.2. The van der Waals surface area contributed by atoms with Crippen LogP contribution in [0.4, 0.5) is 4.79 Å². The van der Waals surface area contributed by atoms with Crippen LogP contribution in [0.2, 0.25) is 0 Å². The normalized spacial score (nSPS) is 11.8. The molecule has 4 aromatic rings. The average Bonchev–Trinajstić information content (AvgIpc) is 3.06. The fourth-order valence-electron chi connectivity index (χ4n) is 4.22. The van der Waals surface area contributed by atoms with Crippen molar-refractivity contribution in [1.82, 2.24) is 10.6 Å². The van der Waals surface area contributed by atoms with Crippen LogP contribution >= 0.6 is 0 Å². The van der Waals surface area contributed by atoms with E-state index in [9.17, 15) is 19.2 Å². The van der Waals surface area contributed by atoms with Crippen LogP contribution in [0.5, 0.6) is 0 Å². The zero-order valence-corrected chi connectivity index (χ0v) is 24.1. The number of ether oxygens (including phenoxy) is 3. The number of esters is 2. The van der Waals surface area contributed by atoms with E-state index < -0.39 is 42.4 Å². The molecule has 0 bridgehead atoms. The average molecular weight is 595 g/mol. The van der Waals surface area contributed by atoms with Crippen molar-refractivity contribution >= 4 is 23.9 Å². The number of carbonyl (C=O) groups is 4. The van der Waals surface area contributed by atoms with Crippen LogP contribution in [0.1, 0.15) is 28.7 Å². The minimum Gasteiger partial charge on any atom is -0.461 e. The molecule has 4 aromatic carbocycles. The number of carbonyl (C=O) groups excluding carboxylic acids is 4. The highest BCUT2D eigenvalue weighted by molar-refractivity contribution is 5.91. The Morgan fingerprint density at radius 3 is 1.43 bits per heavy atom. The topological polar surface area (TPSA) is 120 Å². The molecule has 0 aromatic heterocycles. The predicted molar refractivity (Wildman–Crippen MR) is 163 cm³/mol. The van der Waals surface area contributed by atoms with Crippen molar-refractivity contribution < 1.29 is 33.4 Å². The zero-order chi connectivity index (χ0) is 31.0. The second-order valence-corrected chi connectivity index (χ2v) is 9.95. The van der Waals surface area contributed by atoms with Gasteiger partial charge in [0.25, 0.3) is 0 Å². The van der Waals surface area contributed by atoms with Gasteiger partial charge in [-0.2, -0.15) is 0 Å². The molecule has 9 nitrogen and oxygen atoms in total. The molecule has 0 spiro atoms. The number of amides is 2. The third-order valence-corrected chi connectivity index (χ3v) is 6.54. The largest absolute Gasteiger partial charge is 0.461 e. The smallest absolute Gasteiger partial charge is 0.408 e. The van der Waals surface area contributed by atoms with Gasteiger partial charge in [0.15, 0.2) is 0 Å². The first-order valence-corrected chi connectivity index (χ1v) is 14.2. The summed E-state index contributed by atoms with van der Waals surface area (Å²) in [5.74, 6) is -2.21. The van der Waals surface area contributed by atoms with Gasteiger partial charge in [-0.05, 0) is 22.3 Å². The Bertz CT molecular complexity index is 1480. The molecule has 0 saturated carbocycles. The fraction of sp³-hybridized carbons (Fsp3) is 0.200. The number of nitrogens with one attached hydrogen (secondary N) is 2. The Hall–Kier alpha value is -5.44. The van der Waals surface area contributed by atoms with Crippen molar-refractivity contribution in [2.24, 2.45) is 0 Å². The van der Waals surface area contributed by atoms with E-state index in [4.69, 9.17) is 14.2 Å². The van der Waals surface area contributed by atoms with Crippen LogP contribution < -0.4 is 10.6 Å². The van der Waals surface area contributed by atoms with E-state index in [0.29, 0.717) is 0 Å². The maximum Gasteiger partial charge on any atom is 0.408 e. The molecule has 2 N–H and O–H groups in total. The van der Waals surface area contributed by atoms with Crippen molar-refractivity contribution in [3.05, 3.63) is 144 Å². The summed E-state index contributed by atoms with van der Waals surface area (Å²) >= 11 is 0. The summed E-state index contributed by atoms with van der Waals surface area (Å²) in [5.41, 5.74) is 3.06. The summed E-state index contributed by atoms with van der Waals surface area (Å²) in [4.78, 5) is 52.2. The highest BCUT2D eigenvalue weighted by Gasteiger charge is 2.30. The van der Waals surface area contributed by atoms with Gasteiger partial charge in [-0.1, -0.05) is 121 Å². The van der Waals surface area contributed by atoms with Crippen LogP contribution in [0.25, 0.3) is 0 Å². The Labute approximate surface area is 256 Å². The van der Waals surface area contributed by atoms with Crippen LogP contribution in [0.15, 0.2) is 121 Å². The molecular formula is C35H34N2O7. The van der Waals surface area contributed by atoms with Crippen molar-refractivity contribution in [3.8, 4) is 0 Å². The molecule has 0 fully saturated rings. The second-order valence-electron chi connectivity index (χ2n) is 9.95. The molecule has 0 aliphatic carbocycles. The number of alkyl carbamates (subject to hydrolysis) is 1. The number of rotatable bonds is 14. The third kappa shape index (κ3) is 10.8. The zero-order valence-electron chi connectivity index (χ0n) is 24.1. The molecule has 9 heteroatoms. The van der Waals surface area contributed by atoms with E-state index in [2.05, 4.69) is 10.6 Å². The van der Waals surface area contributed by atoms with Gasteiger partial charge in [0.05, 0.1) is 6.42 Å². The second kappa shape index (κ2) is 16.9. The SMILES string of the molecule is O=C(C[C@H](NC(=O)[C@H](Cc1ccccc1)NC(=O)OCc1ccccc1)C(=O)OCc1ccccc1)OCc1ccccc1. The Balaban J connectivity index is 1.45. The molecule has 4 rings (SSSR count). The highest BCUT2D eigenvalue weighted by atomic mass is 16.6. The van der Waals surface area contributed by atoms with Gasteiger partial charge in [-0.3, -0.25) is 9.59 Å². The van der Waals surface area contributed by atoms with Gasteiger partial charge in [-0.15, -0.1) is 0 Å². The molecular weight excluding hydrogens is 560 g/mol. The lowest BCUT2D eigenvalue weighted by molar-refractivity contribution is -0.155. The standard InChI is InChI=1S/C35H34N2O7/c38-32(42-23-27-15-7-2-8-16-27)22-31(34(40)43-24-28-17-9-3-10-18-28)36-33(39)30(21-26-13-5-1-6-14-26)37-35(41)44-25-29-19-11-4-12-20-29/h1-20,30-31H,21-25H2,(H,36,39)(H,37,41)/t30-,31-/m0/s1. The van der Waals surface area contributed by atoms with E-state index in [1.807, 2.05) is 84.9 Å². The van der Waals surface area contributed by atoms with Gasteiger partial charge in [-0.25, -0.2) is 9.59 Å². The molecule has 0 heterocycles. The van der Waals surface area contributed by atoms with Crippen LogP contribution in [0, 0.1) is 0 Å². The number of hydrogen-bond acceptors (Lipinski definition) is 7. The fourth-order valence-corrected chi connectivity index (χ4v) is 4.22. The Morgan fingerprint density at radius 1 is 0.500 bits per heavy atom. The van der Waals surface area contributed by atoms with Gasteiger partial charge < -0.3 is 24.8 Å². The van der Waals surface area contributed by atoms with Gasteiger partial charge in [0.2, 0.25) is 5.91 Å². The maximum atomic E-state index is 13.6. The summed E-state index contributed by atoms with van der Waals surface area (Å²) in [6.45, 7) is -0.0402. The first kappa shape index (κ1) is 31.5. The minimum atomic E-state index is -1.37. The summed E-state index contributed by atoms with van der Waals surface area (Å²) in [6.07, 6.45) is -1.17. The van der Waals surface area contributed by atoms with E-state index in [1.54, 1.807) is 36.4 Å². The molecule has 0 radical (unpaired) electrons. The van der Waals surface area contributed by atoms with Crippen molar-refractivity contribution in [2.45, 2.75) is 44.7 Å². The lowest BCUT2D eigenvalue weighted by Gasteiger charge is -2.22. The van der Waals surface area contributed by atoms with E-state index in [0.717, 1.165) is 22.3 Å². The van der Waals surface area contributed by atoms with E-state index >= 15 is 0 Å². The molecule has 0 aliphatic rings. The number of benzene rings is 4.